The predicted molar refractivity (Wildman–Crippen MR) is 76.1 cm³/mol. The summed E-state index contributed by atoms with van der Waals surface area (Å²) < 4.78 is 0. The van der Waals surface area contributed by atoms with E-state index in [0.717, 1.165) is 10.5 Å². The van der Waals surface area contributed by atoms with E-state index in [2.05, 4.69) is 0 Å². The van der Waals surface area contributed by atoms with E-state index in [9.17, 15) is 19.5 Å². The lowest BCUT2D eigenvalue weighted by molar-refractivity contribution is -0.149. The van der Waals surface area contributed by atoms with E-state index in [1.165, 1.54) is 7.05 Å². The highest BCUT2D eigenvalue weighted by molar-refractivity contribution is 5.90. The number of carbonyl (C=O) groups excluding carboxylic acids is 2. The van der Waals surface area contributed by atoms with Crippen molar-refractivity contribution in [3.63, 3.8) is 0 Å². The van der Waals surface area contributed by atoms with Gasteiger partial charge in [-0.1, -0.05) is 30.3 Å². The number of hydrogen-bond donors (Lipinski definition) is 3. The van der Waals surface area contributed by atoms with Crippen LogP contribution in [0.25, 0.3) is 0 Å². The molecule has 2 amide bonds. The van der Waals surface area contributed by atoms with E-state index < -0.39 is 29.9 Å². The molecule has 0 aliphatic rings. The lowest BCUT2D eigenvalue weighted by Crippen LogP contribution is -2.51. The van der Waals surface area contributed by atoms with Crippen LogP contribution in [0.3, 0.4) is 0 Å². The fraction of sp³-hybridized carbons (Fsp3) is 0.357. The van der Waals surface area contributed by atoms with E-state index in [4.69, 9.17) is 11.5 Å². The Morgan fingerprint density at radius 1 is 1.24 bits per heavy atom. The van der Waals surface area contributed by atoms with Crippen LogP contribution in [0, 0.1) is 0 Å². The number of nitrogens with zero attached hydrogens (tertiary/aromatic N) is 1. The van der Waals surface area contributed by atoms with Gasteiger partial charge in [0.05, 0.1) is 12.5 Å². The quantitative estimate of drug-likeness (QED) is 0.615. The molecule has 0 fully saturated rings. The van der Waals surface area contributed by atoms with Crippen LogP contribution in [-0.2, 0) is 20.8 Å². The van der Waals surface area contributed by atoms with Crippen LogP contribution in [0.2, 0.25) is 0 Å². The average Bonchev–Trinajstić information content (AvgIpc) is 2.43. The maximum absolute atomic E-state index is 12.0. The normalized spacial score (nSPS) is 13.2. The third-order valence-electron chi connectivity index (χ3n) is 3.11. The zero-order valence-electron chi connectivity index (χ0n) is 11.7. The second kappa shape index (κ2) is 7.39. The van der Waals surface area contributed by atoms with Gasteiger partial charge in [0.15, 0.2) is 0 Å². The van der Waals surface area contributed by atoms with Crippen LogP contribution < -0.4 is 11.5 Å². The standard InChI is InChI=1S/C14H19N3O4/c1-17(13(19)10(15)8-12(16)18)11(14(20)21)7-9-5-3-2-4-6-9/h2-6,10-11H,7-8,15H2,1H3,(H2,16,18)(H,20,21)/t10-,11-/m0/s1. The molecule has 1 aromatic carbocycles. The second-order valence-corrected chi connectivity index (χ2v) is 4.77. The summed E-state index contributed by atoms with van der Waals surface area (Å²) in [7, 11) is 1.35. The predicted octanol–water partition coefficient (Wildman–Crippen LogP) is -0.657. The molecule has 114 valence electrons. The number of likely N-dealkylation sites (N-methyl/N-ethyl adjacent to an activating group) is 1. The number of carbonyl (C=O) groups is 3. The van der Waals surface area contributed by atoms with E-state index in [-0.39, 0.29) is 12.8 Å². The lowest BCUT2D eigenvalue weighted by atomic mass is 10.0. The van der Waals surface area contributed by atoms with Crippen molar-refractivity contribution in [2.45, 2.75) is 24.9 Å². The molecule has 7 nitrogen and oxygen atoms in total. The SMILES string of the molecule is CN(C(=O)[C@@H](N)CC(N)=O)[C@@H](Cc1ccccc1)C(=O)O. The monoisotopic (exact) mass is 293 g/mol. The van der Waals surface area contributed by atoms with Crippen molar-refractivity contribution in [3.8, 4) is 0 Å². The number of nitrogens with two attached hydrogens (primary N) is 2. The number of rotatable bonds is 7. The summed E-state index contributed by atoms with van der Waals surface area (Å²) in [5, 5.41) is 9.29. The molecule has 0 saturated heterocycles. The molecule has 0 unspecified atom stereocenters. The van der Waals surface area contributed by atoms with Crippen LogP contribution in [0.5, 0.6) is 0 Å². The fourth-order valence-corrected chi connectivity index (χ4v) is 1.95. The van der Waals surface area contributed by atoms with Crippen molar-refractivity contribution in [2.24, 2.45) is 11.5 Å². The smallest absolute Gasteiger partial charge is 0.326 e. The van der Waals surface area contributed by atoms with Gasteiger partial charge in [0, 0.05) is 13.5 Å². The summed E-state index contributed by atoms with van der Waals surface area (Å²) in [6.45, 7) is 0. The summed E-state index contributed by atoms with van der Waals surface area (Å²) in [5.41, 5.74) is 11.3. The molecular formula is C14H19N3O4. The van der Waals surface area contributed by atoms with Crippen molar-refractivity contribution < 1.29 is 19.5 Å². The third-order valence-corrected chi connectivity index (χ3v) is 3.11. The van der Waals surface area contributed by atoms with Crippen LogP contribution in [0.1, 0.15) is 12.0 Å². The van der Waals surface area contributed by atoms with Crippen molar-refractivity contribution in [1.82, 2.24) is 4.90 Å². The first-order valence-corrected chi connectivity index (χ1v) is 6.40. The molecule has 0 aliphatic carbocycles. The highest BCUT2D eigenvalue weighted by atomic mass is 16.4. The Hall–Kier alpha value is -2.41. The number of benzene rings is 1. The van der Waals surface area contributed by atoms with Gasteiger partial charge in [-0.2, -0.15) is 0 Å². The molecule has 0 saturated carbocycles. The Morgan fingerprint density at radius 3 is 2.29 bits per heavy atom. The van der Waals surface area contributed by atoms with Crippen molar-refractivity contribution in [2.75, 3.05) is 7.05 Å². The van der Waals surface area contributed by atoms with Crippen molar-refractivity contribution in [3.05, 3.63) is 35.9 Å². The van der Waals surface area contributed by atoms with Gasteiger partial charge in [0.1, 0.15) is 6.04 Å². The van der Waals surface area contributed by atoms with Crippen LogP contribution in [-0.4, -0.2) is 46.9 Å². The minimum absolute atomic E-state index is 0.154. The summed E-state index contributed by atoms with van der Waals surface area (Å²) in [6, 6.07) is 6.75. The number of aliphatic carboxylic acids is 1. The molecule has 0 radical (unpaired) electrons. The molecule has 0 spiro atoms. The molecule has 0 aromatic heterocycles. The van der Waals surface area contributed by atoms with Gasteiger partial charge in [-0.15, -0.1) is 0 Å². The topological polar surface area (TPSA) is 127 Å². The van der Waals surface area contributed by atoms with Crippen LogP contribution >= 0.6 is 0 Å². The van der Waals surface area contributed by atoms with Crippen molar-refractivity contribution >= 4 is 17.8 Å². The Morgan fingerprint density at radius 2 is 1.81 bits per heavy atom. The molecule has 0 aliphatic heterocycles. The van der Waals surface area contributed by atoms with Gasteiger partial charge in [-0.05, 0) is 5.56 Å². The van der Waals surface area contributed by atoms with E-state index in [1.54, 1.807) is 24.3 Å². The molecule has 2 atom stereocenters. The largest absolute Gasteiger partial charge is 0.480 e. The Labute approximate surface area is 122 Å². The van der Waals surface area contributed by atoms with E-state index in [0.29, 0.717) is 0 Å². The minimum atomic E-state index is -1.14. The Bertz CT molecular complexity index is 518. The molecule has 1 rings (SSSR count). The van der Waals surface area contributed by atoms with E-state index in [1.807, 2.05) is 6.07 Å². The summed E-state index contributed by atoms with van der Waals surface area (Å²) in [5.74, 6) is -2.47. The summed E-state index contributed by atoms with van der Waals surface area (Å²) in [4.78, 5) is 35.2. The highest BCUT2D eigenvalue weighted by Gasteiger charge is 2.30. The third kappa shape index (κ3) is 4.88. The molecule has 7 heteroatoms. The first kappa shape index (κ1) is 16.6. The zero-order chi connectivity index (χ0) is 16.0. The number of amides is 2. The molecule has 1 aromatic rings. The Balaban J connectivity index is 2.82. The average molecular weight is 293 g/mol. The second-order valence-electron chi connectivity index (χ2n) is 4.77. The Kier molecular flexibility index (Phi) is 5.86. The number of carboxylic acid groups (broad SMARTS) is 1. The zero-order valence-corrected chi connectivity index (χ0v) is 11.7. The number of hydrogen-bond acceptors (Lipinski definition) is 4. The van der Waals surface area contributed by atoms with Gasteiger partial charge < -0.3 is 21.5 Å². The summed E-state index contributed by atoms with van der Waals surface area (Å²) >= 11 is 0. The number of primary amides is 1. The highest BCUT2D eigenvalue weighted by Crippen LogP contribution is 2.10. The molecule has 0 bridgehead atoms. The van der Waals surface area contributed by atoms with Crippen LogP contribution in [0.4, 0.5) is 0 Å². The molecule has 21 heavy (non-hydrogen) atoms. The van der Waals surface area contributed by atoms with Gasteiger partial charge >= 0.3 is 5.97 Å². The lowest BCUT2D eigenvalue weighted by Gasteiger charge is -2.27. The fourth-order valence-electron chi connectivity index (χ4n) is 1.95. The van der Waals surface area contributed by atoms with Gasteiger partial charge in [0.25, 0.3) is 0 Å². The first-order chi connectivity index (χ1) is 9.82. The van der Waals surface area contributed by atoms with E-state index >= 15 is 0 Å². The molecule has 0 heterocycles. The minimum Gasteiger partial charge on any atom is -0.480 e. The van der Waals surface area contributed by atoms with Gasteiger partial charge in [0.2, 0.25) is 11.8 Å². The molecular weight excluding hydrogens is 274 g/mol. The van der Waals surface area contributed by atoms with Crippen molar-refractivity contribution in [1.29, 1.82) is 0 Å². The number of carboxylic acids is 1. The first-order valence-electron chi connectivity index (χ1n) is 6.40. The van der Waals surface area contributed by atoms with Gasteiger partial charge in [-0.3, -0.25) is 9.59 Å². The van der Waals surface area contributed by atoms with Crippen LogP contribution in [0.15, 0.2) is 30.3 Å². The summed E-state index contributed by atoms with van der Waals surface area (Å²) in [6.07, 6.45) is -0.164. The molecule has 5 N–H and O–H groups in total. The maximum Gasteiger partial charge on any atom is 0.326 e. The maximum atomic E-state index is 12.0. The van der Waals surface area contributed by atoms with Gasteiger partial charge in [-0.25, -0.2) is 4.79 Å².